The number of hydrogen-bond acceptors (Lipinski definition) is 2. The van der Waals surface area contributed by atoms with E-state index in [1.54, 1.807) is 0 Å². The fraction of sp³-hybridized carbons (Fsp3) is 0.111. The van der Waals surface area contributed by atoms with E-state index < -0.39 is 5.97 Å². The van der Waals surface area contributed by atoms with E-state index in [2.05, 4.69) is 21.2 Å². The molecule has 1 rings (SSSR count). The van der Waals surface area contributed by atoms with Gasteiger partial charge >= 0.3 is 5.97 Å². The predicted molar refractivity (Wildman–Crippen MR) is 60.4 cm³/mol. The van der Waals surface area contributed by atoms with Crippen molar-refractivity contribution in [2.24, 2.45) is 0 Å². The van der Waals surface area contributed by atoms with Crippen LogP contribution in [0.4, 0.5) is 5.69 Å². The Hall–Kier alpha value is -1.07. The molecule has 15 heavy (non-hydrogen) atoms. The Labute approximate surface area is 99.4 Å². The van der Waals surface area contributed by atoms with Crippen molar-refractivity contribution in [2.45, 2.75) is 6.92 Å². The first-order valence-corrected chi connectivity index (χ1v) is 5.09. The van der Waals surface area contributed by atoms with E-state index in [1.807, 2.05) is 0 Å². The van der Waals surface area contributed by atoms with Crippen LogP contribution in [0.3, 0.4) is 0 Å². The molecule has 0 saturated heterocycles. The fourth-order valence-corrected chi connectivity index (χ4v) is 1.90. The van der Waals surface area contributed by atoms with E-state index in [0.717, 1.165) is 0 Å². The summed E-state index contributed by atoms with van der Waals surface area (Å²) >= 11 is 8.94. The molecule has 0 saturated carbocycles. The standard InChI is InChI=1S/C9H7BrClNO3/c1-4(13)12-8-6(9(14)15)2-5(10)3-7(8)11/h2-3H,1H3,(H,12,13)(H,14,15). The highest BCUT2D eigenvalue weighted by atomic mass is 79.9. The van der Waals surface area contributed by atoms with Crippen LogP contribution < -0.4 is 5.32 Å². The lowest BCUT2D eigenvalue weighted by atomic mass is 10.2. The molecule has 4 nitrogen and oxygen atoms in total. The minimum atomic E-state index is -1.15. The lowest BCUT2D eigenvalue weighted by molar-refractivity contribution is -0.114. The average molecular weight is 293 g/mol. The van der Waals surface area contributed by atoms with Gasteiger partial charge in [0.05, 0.1) is 16.3 Å². The molecule has 0 heterocycles. The maximum absolute atomic E-state index is 10.9. The van der Waals surface area contributed by atoms with E-state index in [-0.39, 0.29) is 22.2 Å². The molecule has 0 unspecified atom stereocenters. The van der Waals surface area contributed by atoms with Gasteiger partial charge in [-0.1, -0.05) is 27.5 Å². The van der Waals surface area contributed by atoms with E-state index in [1.165, 1.54) is 19.1 Å². The molecule has 80 valence electrons. The molecule has 1 aromatic carbocycles. The lowest BCUT2D eigenvalue weighted by Crippen LogP contribution is -2.11. The lowest BCUT2D eigenvalue weighted by Gasteiger charge is -2.09. The molecule has 0 aliphatic rings. The fourth-order valence-electron chi connectivity index (χ4n) is 1.05. The summed E-state index contributed by atoms with van der Waals surface area (Å²) in [4.78, 5) is 21.7. The van der Waals surface area contributed by atoms with Gasteiger partial charge in [0.2, 0.25) is 5.91 Å². The van der Waals surface area contributed by atoms with Crippen LogP contribution >= 0.6 is 27.5 Å². The van der Waals surface area contributed by atoms with Gasteiger partial charge < -0.3 is 10.4 Å². The zero-order chi connectivity index (χ0) is 11.6. The quantitative estimate of drug-likeness (QED) is 0.881. The molecule has 0 aliphatic heterocycles. The molecule has 0 atom stereocenters. The minimum absolute atomic E-state index is 0.0513. The Morgan fingerprint density at radius 3 is 2.53 bits per heavy atom. The first-order valence-electron chi connectivity index (χ1n) is 3.91. The number of rotatable bonds is 2. The molecule has 0 aliphatic carbocycles. The van der Waals surface area contributed by atoms with Gasteiger partial charge in [0.1, 0.15) is 0 Å². The second kappa shape index (κ2) is 4.63. The molecule has 1 amide bonds. The van der Waals surface area contributed by atoms with Gasteiger partial charge in [-0.3, -0.25) is 4.79 Å². The van der Waals surface area contributed by atoms with Crippen molar-refractivity contribution in [2.75, 3.05) is 5.32 Å². The maximum Gasteiger partial charge on any atom is 0.337 e. The summed E-state index contributed by atoms with van der Waals surface area (Å²) in [7, 11) is 0. The molecule has 0 bridgehead atoms. The maximum atomic E-state index is 10.9. The van der Waals surface area contributed by atoms with Crippen LogP contribution in [0.15, 0.2) is 16.6 Å². The van der Waals surface area contributed by atoms with Crippen molar-refractivity contribution in [1.29, 1.82) is 0 Å². The third kappa shape index (κ3) is 2.94. The van der Waals surface area contributed by atoms with Crippen LogP contribution in [0.25, 0.3) is 0 Å². The smallest absolute Gasteiger partial charge is 0.337 e. The zero-order valence-corrected chi connectivity index (χ0v) is 10.0. The van der Waals surface area contributed by atoms with Crippen molar-refractivity contribution in [3.8, 4) is 0 Å². The average Bonchev–Trinajstić information content (AvgIpc) is 2.08. The summed E-state index contributed by atoms with van der Waals surface area (Å²) in [6.07, 6.45) is 0. The third-order valence-electron chi connectivity index (χ3n) is 1.59. The van der Waals surface area contributed by atoms with Crippen molar-refractivity contribution >= 4 is 45.1 Å². The Balaban J connectivity index is 3.33. The van der Waals surface area contributed by atoms with Crippen molar-refractivity contribution in [3.63, 3.8) is 0 Å². The number of halogens is 2. The van der Waals surface area contributed by atoms with Gasteiger partial charge in [-0.05, 0) is 12.1 Å². The van der Waals surface area contributed by atoms with E-state index in [9.17, 15) is 9.59 Å². The topological polar surface area (TPSA) is 66.4 Å². The summed E-state index contributed by atoms with van der Waals surface area (Å²) in [5, 5.41) is 11.5. The highest BCUT2D eigenvalue weighted by Crippen LogP contribution is 2.30. The minimum Gasteiger partial charge on any atom is -0.478 e. The molecule has 1 aromatic rings. The first-order chi connectivity index (χ1) is 6.91. The Morgan fingerprint density at radius 2 is 2.07 bits per heavy atom. The number of carbonyl (C=O) groups is 2. The largest absolute Gasteiger partial charge is 0.478 e. The number of benzene rings is 1. The molecular weight excluding hydrogens is 285 g/mol. The van der Waals surface area contributed by atoms with Gasteiger partial charge in [-0.2, -0.15) is 0 Å². The number of nitrogens with one attached hydrogen (secondary N) is 1. The van der Waals surface area contributed by atoms with E-state index >= 15 is 0 Å². The number of aromatic carboxylic acids is 1. The molecule has 0 fully saturated rings. The van der Waals surface area contributed by atoms with Crippen LogP contribution in [0.2, 0.25) is 5.02 Å². The highest BCUT2D eigenvalue weighted by Gasteiger charge is 2.15. The van der Waals surface area contributed by atoms with Crippen molar-refractivity contribution < 1.29 is 14.7 Å². The summed E-state index contributed by atoms with van der Waals surface area (Å²) in [6, 6.07) is 2.89. The van der Waals surface area contributed by atoms with Gasteiger partial charge in [-0.15, -0.1) is 0 Å². The third-order valence-corrected chi connectivity index (χ3v) is 2.34. The summed E-state index contributed by atoms with van der Waals surface area (Å²) < 4.78 is 0.541. The first kappa shape index (κ1) is 12.0. The zero-order valence-electron chi connectivity index (χ0n) is 7.67. The predicted octanol–water partition coefficient (Wildman–Crippen LogP) is 2.76. The van der Waals surface area contributed by atoms with E-state index in [4.69, 9.17) is 16.7 Å². The SMILES string of the molecule is CC(=O)Nc1c(Cl)cc(Br)cc1C(=O)O. The van der Waals surface area contributed by atoms with E-state index in [0.29, 0.717) is 4.47 Å². The normalized spacial score (nSPS) is 9.80. The van der Waals surface area contributed by atoms with Gasteiger partial charge in [0.15, 0.2) is 0 Å². The van der Waals surface area contributed by atoms with Crippen LogP contribution in [-0.4, -0.2) is 17.0 Å². The van der Waals surface area contributed by atoms with Crippen LogP contribution in [0.5, 0.6) is 0 Å². The van der Waals surface area contributed by atoms with Crippen molar-refractivity contribution in [3.05, 3.63) is 27.2 Å². The number of hydrogen-bond donors (Lipinski definition) is 2. The Morgan fingerprint density at radius 1 is 1.47 bits per heavy atom. The molecule has 0 radical (unpaired) electrons. The summed E-state index contributed by atoms with van der Waals surface area (Å²) in [5.74, 6) is -1.52. The summed E-state index contributed by atoms with van der Waals surface area (Å²) in [5.41, 5.74) is 0.0597. The second-order valence-electron chi connectivity index (χ2n) is 2.80. The van der Waals surface area contributed by atoms with Gasteiger partial charge in [-0.25, -0.2) is 4.79 Å². The van der Waals surface area contributed by atoms with Gasteiger partial charge in [0, 0.05) is 11.4 Å². The molecule has 2 N–H and O–H groups in total. The molecule has 0 spiro atoms. The highest BCUT2D eigenvalue weighted by molar-refractivity contribution is 9.10. The Bertz CT molecular complexity index is 434. The molecular formula is C9H7BrClNO3. The second-order valence-corrected chi connectivity index (χ2v) is 4.12. The molecule has 0 aromatic heterocycles. The number of carboxylic acid groups (broad SMARTS) is 1. The monoisotopic (exact) mass is 291 g/mol. The van der Waals surface area contributed by atoms with Gasteiger partial charge in [0.25, 0.3) is 0 Å². The number of amides is 1. The number of carboxylic acids is 1. The molecule has 6 heteroatoms. The van der Waals surface area contributed by atoms with Crippen LogP contribution in [0, 0.1) is 0 Å². The van der Waals surface area contributed by atoms with Crippen LogP contribution in [-0.2, 0) is 4.79 Å². The number of carbonyl (C=O) groups excluding carboxylic acids is 1. The number of anilines is 1. The Kier molecular flexibility index (Phi) is 3.71. The summed E-state index contributed by atoms with van der Waals surface area (Å²) in [6.45, 7) is 1.28. The van der Waals surface area contributed by atoms with Crippen LogP contribution in [0.1, 0.15) is 17.3 Å². The van der Waals surface area contributed by atoms with Crippen molar-refractivity contribution in [1.82, 2.24) is 0 Å².